The predicted octanol–water partition coefficient (Wildman–Crippen LogP) is 6.20. The molecule has 1 unspecified atom stereocenters. The van der Waals surface area contributed by atoms with Gasteiger partial charge in [0.25, 0.3) is 5.91 Å². The van der Waals surface area contributed by atoms with Crippen LogP contribution in [0.3, 0.4) is 0 Å². The molecule has 3 aromatic carbocycles. The number of carbonyl (C=O) groups is 4. The lowest BCUT2D eigenvalue weighted by molar-refractivity contribution is -0.136. The third kappa shape index (κ3) is 8.09. The van der Waals surface area contributed by atoms with Gasteiger partial charge in [0.15, 0.2) is 0 Å². The van der Waals surface area contributed by atoms with Crippen LogP contribution in [0.25, 0.3) is 0 Å². The van der Waals surface area contributed by atoms with Crippen LogP contribution in [-0.4, -0.2) is 103 Å². The van der Waals surface area contributed by atoms with Crippen molar-refractivity contribution < 1.29 is 23.6 Å². The monoisotopic (exact) mass is 808 g/mol. The van der Waals surface area contributed by atoms with Gasteiger partial charge >= 0.3 is 6.03 Å². The standard InChI is InChI=1S/C44H50ClFN8O4/c1-27-24-53(28(2)19-36(27)30-3-4-31(23-47)37(45)21-30)44(58)48-33-5-8-39(38(46)22-33)52-13-11-29(12-14-52)25-50-15-17-51(18-16-50)34-6-7-35-32(20-34)26-54(43(35)57)40-9-10-41(55)49-42(40)56/h3-8,20-22,27-29,36,40H,9-19,24-26H2,1-2H3,(H,48,58)(H,49,55,56)/t27-,28+,36?,40-/m0/s1. The van der Waals surface area contributed by atoms with Gasteiger partial charge in [0.2, 0.25) is 11.8 Å². The molecule has 304 valence electrons. The van der Waals surface area contributed by atoms with E-state index in [0.717, 1.165) is 81.9 Å². The second-order valence-corrected chi connectivity index (χ2v) is 17.1. The zero-order valence-electron chi connectivity index (χ0n) is 33.1. The molecule has 0 spiro atoms. The van der Waals surface area contributed by atoms with E-state index in [1.165, 1.54) is 6.07 Å². The first-order chi connectivity index (χ1) is 27.9. The normalized spacial score (nSPS) is 24.4. The minimum Gasteiger partial charge on any atom is -0.369 e. The summed E-state index contributed by atoms with van der Waals surface area (Å²) in [7, 11) is 0. The number of likely N-dealkylation sites (tertiary alicyclic amines) is 1. The van der Waals surface area contributed by atoms with Gasteiger partial charge in [0.1, 0.15) is 17.9 Å². The minimum absolute atomic E-state index is 0.0377. The lowest BCUT2D eigenvalue weighted by Gasteiger charge is -2.42. The molecule has 0 bridgehead atoms. The smallest absolute Gasteiger partial charge is 0.322 e. The fourth-order valence-electron chi connectivity index (χ4n) is 9.65. The highest BCUT2D eigenvalue weighted by Gasteiger charge is 2.40. The third-order valence-corrected chi connectivity index (χ3v) is 13.3. The van der Waals surface area contributed by atoms with Crippen molar-refractivity contribution in [3.63, 3.8) is 0 Å². The van der Waals surface area contributed by atoms with Gasteiger partial charge in [-0.15, -0.1) is 0 Å². The molecule has 4 fully saturated rings. The average molecular weight is 809 g/mol. The van der Waals surface area contributed by atoms with Crippen molar-refractivity contribution in [2.45, 2.75) is 70.5 Å². The van der Waals surface area contributed by atoms with Gasteiger partial charge in [0, 0.05) is 88.3 Å². The Labute approximate surface area is 343 Å². The van der Waals surface area contributed by atoms with Gasteiger partial charge in [-0.2, -0.15) is 5.26 Å². The number of anilines is 3. The fourth-order valence-corrected chi connectivity index (χ4v) is 9.88. The lowest BCUT2D eigenvalue weighted by Crippen LogP contribution is -2.52. The van der Waals surface area contributed by atoms with Crippen LogP contribution in [0.15, 0.2) is 54.6 Å². The van der Waals surface area contributed by atoms with Crippen molar-refractivity contribution in [1.29, 1.82) is 5.26 Å². The Morgan fingerprint density at radius 1 is 0.948 bits per heavy atom. The summed E-state index contributed by atoms with van der Waals surface area (Å²) in [6, 6.07) is 17.7. The fraction of sp³-hybridized carbons (Fsp3) is 0.477. The van der Waals surface area contributed by atoms with E-state index < -0.39 is 11.9 Å². The van der Waals surface area contributed by atoms with Crippen molar-refractivity contribution in [2.75, 3.05) is 67.5 Å². The summed E-state index contributed by atoms with van der Waals surface area (Å²) < 4.78 is 15.6. The average Bonchev–Trinajstić information content (AvgIpc) is 3.54. The maximum Gasteiger partial charge on any atom is 0.322 e. The summed E-state index contributed by atoms with van der Waals surface area (Å²) in [5, 5.41) is 15.0. The van der Waals surface area contributed by atoms with Crippen molar-refractivity contribution in [3.05, 3.63) is 87.7 Å². The number of hydrogen-bond donors (Lipinski definition) is 2. The van der Waals surface area contributed by atoms with Gasteiger partial charge in [-0.3, -0.25) is 24.6 Å². The number of nitrogens with zero attached hydrogens (tertiary/aromatic N) is 6. The van der Waals surface area contributed by atoms with Crippen LogP contribution >= 0.6 is 11.6 Å². The van der Waals surface area contributed by atoms with E-state index in [4.69, 9.17) is 11.6 Å². The van der Waals surface area contributed by atoms with Crippen LogP contribution in [-0.2, 0) is 16.1 Å². The molecule has 14 heteroatoms. The summed E-state index contributed by atoms with van der Waals surface area (Å²) in [6.45, 7) is 11.2. The molecule has 58 heavy (non-hydrogen) atoms. The van der Waals surface area contributed by atoms with Gasteiger partial charge in [0.05, 0.1) is 16.3 Å². The number of nitriles is 1. The van der Waals surface area contributed by atoms with E-state index in [9.17, 15) is 24.4 Å². The summed E-state index contributed by atoms with van der Waals surface area (Å²) in [5.41, 5.74) is 5.14. The van der Waals surface area contributed by atoms with Crippen molar-refractivity contribution >= 4 is 52.4 Å². The zero-order valence-corrected chi connectivity index (χ0v) is 33.8. The molecular formula is C44H50ClFN8O4. The first kappa shape index (κ1) is 39.6. The molecule has 5 aliphatic heterocycles. The first-order valence-electron chi connectivity index (χ1n) is 20.5. The number of hydrogen-bond acceptors (Lipinski definition) is 8. The summed E-state index contributed by atoms with van der Waals surface area (Å²) in [5.74, 6) is -0.287. The molecule has 4 saturated heterocycles. The minimum atomic E-state index is -0.617. The number of benzene rings is 3. The Hall–Kier alpha value is -5.19. The highest BCUT2D eigenvalue weighted by atomic mass is 35.5. The molecule has 5 amide bonds. The molecule has 4 atom stereocenters. The first-order valence-corrected chi connectivity index (χ1v) is 20.9. The summed E-state index contributed by atoms with van der Waals surface area (Å²) in [4.78, 5) is 61.0. The van der Waals surface area contributed by atoms with Gasteiger partial charge in [-0.05, 0) is 110 Å². The number of carbonyl (C=O) groups excluding carboxylic acids is 4. The van der Waals surface area contributed by atoms with Crippen molar-refractivity contribution in [3.8, 4) is 6.07 Å². The number of piperidine rings is 3. The summed E-state index contributed by atoms with van der Waals surface area (Å²) in [6.07, 6.45) is 3.29. The number of halogens is 2. The van der Waals surface area contributed by atoms with Crippen molar-refractivity contribution in [1.82, 2.24) is 20.0 Å². The van der Waals surface area contributed by atoms with E-state index in [1.807, 2.05) is 36.1 Å². The predicted molar refractivity (Wildman–Crippen MR) is 220 cm³/mol. The van der Waals surface area contributed by atoms with Crippen LogP contribution < -0.4 is 20.4 Å². The Balaban J connectivity index is 0.784. The van der Waals surface area contributed by atoms with Crippen molar-refractivity contribution in [2.24, 2.45) is 11.8 Å². The number of nitrogens with one attached hydrogen (secondary N) is 2. The summed E-state index contributed by atoms with van der Waals surface area (Å²) >= 11 is 6.32. The van der Waals surface area contributed by atoms with Crippen LogP contribution in [0.4, 0.5) is 26.2 Å². The number of piperazine rings is 1. The molecule has 8 rings (SSSR count). The Kier molecular flexibility index (Phi) is 11.3. The van der Waals surface area contributed by atoms with Crippen LogP contribution in [0.1, 0.15) is 78.9 Å². The topological polar surface area (TPSA) is 132 Å². The highest BCUT2D eigenvalue weighted by Crippen LogP contribution is 2.38. The molecule has 5 heterocycles. The number of urea groups is 1. The molecule has 0 aromatic heterocycles. The lowest BCUT2D eigenvalue weighted by atomic mass is 9.79. The van der Waals surface area contributed by atoms with Crippen LogP contribution in [0.5, 0.6) is 0 Å². The molecule has 0 aliphatic carbocycles. The second-order valence-electron chi connectivity index (χ2n) is 16.7. The Morgan fingerprint density at radius 3 is 2.43 bits per heavy atom. The Bertz CT molecular complexity index is 2150. The molecule has 12 nitrogen and oxygen atoms in total. The maximum absolute atomic E-state index is 15.6. The van der Waals surface area contributed by atoms with Crippen LogP contribution in [0.2, 0.25) is 5.02 Å². The zero-order chi connectivity index (χ0) is 40.7. The maximum atomic E-state index is 15.6. The van der Waals surface area contributed by atoms with E-state index in [2.05, 4.69) is 44.4 Å². The second kappa shape index (κ2) is 16.6. The van der Waals surface area contributed by atoms with E-state index in [-0.39, 0.29) is 48.0 Å². The van der Waals surface area contributed by atoms with E-state index >= 15 is 4.39 Å². The number of rotatable bonds is 7. The molecule has 0 saturated carbocycles. The molecule has 3 aromatic rings. The van der Waals surface area contributed by atoms with Gasteiger partial charge in [-0.1, -0.05) is 24.6 Å². The molecular weight excluding hydrogens is 759 g/mol. The third-order valence-electron chi connectivity index (χ3n) is 13.0. The van der Waals surface area contributed by atoms with E-state index in [0.29, 0.717) is 53.0 Å². The SMILES string of the molecule is C[C@@H]1CC(c2ccc(C#N)c(Cl)c2)[C@@H](C)CN1C(=O)Nc1ccc(N2CCC(CN3CCN(c4ccc5c(c4)CN([C@H]4CCC(=O)NC4=O)C5=O)CC3)CC2)c(F)c1. The Morgan fingerprint density at radius 2 is 1.72 bits per heavy atom. The quantitative estimate of drug-likeness (QED) is 0.270. The van der Waals surface area contributed by atoms with E-state index in [1.54, 1.807) is 23.1 Å². The highest BCUT2D eigenvalue weighted by molar-refractivity contribution is 6.31. The number of amides is 5. The van der Waals surface area contributed by atoms with Gasteiger partial charge in [-0.25, -0.2) is 9.18 Å². The molecule has 2 N–H and O–H groups in total. The number of fused-ring (bicyclic) bond motifs is 1. The number of imide groups is 1. The molecule has 0 radical (unpaired) electrons. The molecule has 5 aliphatic rings. The van der Waals surface area contributed by atoms with Gasteiger partial charge < -0.3 is 24.9 Å². The largest absolute Gasteiger partial charge is 0.369 e. The van der Waals surface area contributed by atoms with Crippen LogP contribution in [0, 0.1) is 29.0 Å².